The summed E-state index contributed by atoms with van der Waals surface area (Å²) in [5.74, 6) is 0. The van der Waals surface area contributed by atoms with E-state index in [1.165, 1.54) is 4.31 Å². The number of hydrogen-bond donors (Lipinski definition) is 1. The molecule has 0 aliphatic carbocycles. The molecule has 1 N–H and O–H groups in total. The molecule has 21 heavy (non-hydrogen) atoms. The van der Waals surface area contributed by atoms with E-state index >= 15 is 0 Å². The first kappa shape index (κ1) is 18.1. The number of nitrogens with one attached hydrogen (secondary N) is 1. The first-order chi connectivity index (χ1) is 9.66. The van der Waals surface area contributed by atoms with Crippen molar-refractivity contribution in [3.63, 3.8) is 0 Å². The van der Waals surface area contributed by atoms with Gasteiger partial charge >= 0.3 is 0 Å². The standard InChI is InChI=1S/C16H28N2O2S/c1-7-16(4,5)18(6)21(19,20)15-11-9-10-14(12-15)13(3)17-8-2/h9-13,17H,7-8H2,1-6H3. The zero-order valence-corrected chi connectivity index (χ0v) is 14.8. The van der Waals surface area contributed by atoms with Crippen LogP contribution in [0.1, 0.15) is 52.6 Å². The third-order valence-electron chi connectivity index (χ3n) is 4.24. The fraction of sp³-hybridized carbons (Fsp3) is 0.625. The van der Waals surface area contributed by atoms with Crippen LogP contribution in [-0.2, 0) is 10.0 Å². The highest BCUT2D eigenvalue weighted by atomic mass is 32.2. The molecule has 0 aliphatic rings. The molecule has 1 atom stereocenters. The van der Waals surface area contributed by atoms with Gasteiger partial charge in [-0.15, -0.1) is 0 Å². The van der Waals surface area contributed by atoms with Crippen molar-refractivity contribution in [1.82, 2.24) is 9.62 Å². The number of sulfonamides is 1. The molecule has 0 radical (unpaired) electrons. The topological polar surface area (TPSA) is 49.4 Å². The van der Waals surface area contributed by atoms with Crippen LogP contribution in [-0.4, -0.2) is 31.9 Å². The normalized spacial score (nSPS) is 14.4. The Labute approximate surface area is 129 Å². The van der Waals surface area contributed by atoms with Gasteiger partial charge in [0.05, 0.1) is 4.90 Å². The van der Waals surface area contributed by atoms with Crippen molar-refractivity contribution >= 4 is 10.0 Å². The minimum absolute atomic E-state index is 0.134. The molecule has 0 fully saturated rings. The molecule has 0 aromatic heterocycles. The van der Waals surface area contributed by atoms with Gasteiger partial charge in [-0.1, -0.05) is 26.0 Å². The molecule has 5 heteroatoms. The first-order valence-electron chi connectivity index (χ1n) is 7.49. The van der Waals surface area contributed by atoms with E-state index in [4.69, 9.17) is 0 Å². The van der Waals surface area contributed by atoms with E-state index in [0.717, 1.165) is 18.5 Å². The van der Waals surface area contributed by atoms with Crippen LogP contribution in [0.3, 0.4) is 0 Å². The lowest BCUT2D eigenvalue weighted by Gasteiger charge is -2.33. The third-order valence-corrected chi connectivity index (χ3v) is 6.31. The molecule has 1 aromatic rings. The first-order valence-corrected chi connectivity index (χ1v) is 8.93. The molecule has 0 bridgehead atoms. The van der Waals surface area contributed by atoms with Gasteiger partial charge in [-0.2, -0.15) is 4.31 Å². The third kappa shape index (κ3) is 4.05. The molecule has 0 aliphatic heterocycles. The van der Waals surface area contributed by atoms with Gasteiger partial charge in [-0.05, 0) is 51.4 Å². The Kier molecular flexibility index (Phi) is 5.96. The minimum Gasteiger partial charge on any atom is -0.310 e. The van der Waals surface area contributed by atoms with Crippen molar-refractivity contribution < 1.29 is 8.42 Å². The lowest BCUT2D eigenvalue weighted by atomic mass is 10.0. The Hall–Kier alpha value is -0.910. The van der Waals surface area contributed by atoms with Crippen LogP contribution in [0.25, 0.3) is 0 Å². The lowest BCUT2D eigenvalue weighted by molar-refractivity contribution is 0.257. The molecule has 1 unspecified atom stereocenters. The van der Waals surface area contributed by atoms with Crippen LogP contribution in [0.5, 0.6) is 0 Å². The average molecular weight is 312 g/mol. The summed E-state index contributed by atoms with van der Waals surface area (Å²) in [4.78, 5) is 0.355. The maximum atomic E-state index is 12.8. The van der Waals surface area contributed by atoms with E-state index < -0.39 is 15.6 Å². The number of rotatable bonds is 7. The van der Waals surface area contributed by atoms with Crippen molar-refractivity contribution in [2.45, 2.75) is 57.5 Å². The van der Waals surface area contributed by atoms with E-state index in [1.54, 1.807) is 19.2 Å². The fourth-order valence-electron chi connectivity index (χ4n) is 2.07. The Morgan fingerprint density at radius 1 is 1.29 bits per heavy atom. The molecule has 0 spiro atoms. The van der Waals surface area contributed by atoms with Crippen molar-refractivity contribution in [1.29, 1.82) is 0 Å². The van der Waals surface area contributed by atoms with Crippen LogP contribution in [0.2, 0.25) is 0 Å². The molecule has 0 heterocycles. The highest BCUT2D eigenvalue weighted by Gasteiger charge is 2.32. The van der Waals surface area contributed by atoms with Gasteiger partial charge in [0.15, 0.2) is 0 Å². The van der Waals surface area contributed by atoms with Crippen LogP contribution < -0.4 is 5.32 Å². The molecule has 1 aromatic carbocycles. The monoisotopic (exact) mass is 312 g/mol. The summed E-state index contributed by atoms with van der Waals surface area (Å²) in [5, 5.41) is 3.30. The molecule has 0 saturated carbocycles. The summed E-state index contributed by atoms with van der Waals surface area (Å²) < 4.78 is 27.0. The SMILES string of the molecule is CCNC(C)c1cccc(S(=O)(=O)N(C)C(C)(C)CC)c1. The van der Waals surface area contributed by atoms with Gasteiger partial charge in [-0.25, -0.2) is 8.42 Å². The van der Waals surface area contributed by atoms with Gasteiger partial charge in [0, 0.05) is 18.6 Å². The lowest BCUT2D eigenvalue weighted by Crippen LogP contribution is -2.44. The molecule has 0 amide bonds. The summed E-state index contributed by atoms with van der Waals surface area (Å²) >= 11 is 0. The smallest absolute Gasteiger partial charge is 0.243 e. The molecule has 1 rings (SSSR count). The van der Waals surface area contributed by atoms with Crippen molar-refractivity contribution in [3.8, 4) is 0 Å². The summed E-state index contributed by atoms with van der Waals surface area (Å²) in [7, 11) is -1.82. The second-order valence-corrected chi connectivity index (χ2v) is 7.96. The van der Waals surface area contributed by atoms with Crippen LogP contribution >= 0.6 is 0 Å². The van der Waals surface area contributed by atoms with Gasteiger partial charge in [-0.3, -0.25) is 0 Å². The van der Waals surface area contributed by atoms with Crippen molar-refractivity contribution in [3.05, 3.63) is 29.8 Å². The summed E-state index contributed by atoms with van der Waals surface area (Å²) in [5.41, 5.74) is 0.586. The quantitative estimate of drug-likeness (QED) is 0.841. The summed E-state index contributed by atoms with van der Waals surface area (Å²) in [6.45, 7) is 10.8. The second kappa shape index (κ2) is 6.90. The van der Waals surface area contributed by atoms with E-state index in [1.807, 2.05) is 46.8 Å². The fourth-order valence-corrected chi connectivity index (χ4v) is 3.71. The van der Waals surface area contributed by atoms with Gasteiger partial charge in [0.2, 0.25) is 10.0 Å². The predicted octanol–water partition coefficient (Wildman–Crippen LogP) is 3.17. The Balaban J connectivity index is 3.18. The number of benzene rings is 1. The maximum absolute atomic E-state index is 12.8. The van der Waals surface area contributed by atoms with Crippen molar-refractivity contribution in [2.24, 2.45) is 0 Å². The Morgan fingerprint density at radius 2 is 1.90 bits per heavy atom. The molecular formula is C16H28N2O2S. The second-order valence-electron chi connectivity index (χ2n) is 5.99. The van der Waals surface area contributed by atoms with E-state index in [9.17, 15) is 8.42 Å². The highest BCUT2D eigenvalue weighted by molar-refractivity contribution is 7.89. The Morgan fingerprint density at radius 3 is 2.43 bits per heavy atom. The zero-order valence-electron chi connectivity index (χ0n) is 14.0. The van der Waals surface area contributed by atoms with E-state index in [2.05, 4.69) is 5.32 Å². The summed E-state index contributed by atoms with van der Waals surface area (Å²) in [6, 6.07) is 7.33. The van der Waals surface area contributed by atoms with Crippen LogP contribution in [0, 0.1) is 0 Å². The molecule has 4 nitrogen and oxygen atoms in total. The molecule has 0 saturated heterocycles. The highest BCUT2D eigenvalue weighted by Crippen LogP contribution is 2.26. The van der Waals surface area contributed by atoms with Crippen molar-refractivity contribution in [2.75, 3.05) is 13.6 Å². The predicted molar refractivity (Wildman–Crippen MR) is 87.9 cm³/mol. The average Bonchev–Trinajstić information content (AvgIpc) is 2.46. The van der Waals surface area contributed by atoms with Crippen LogP contribution in [0.4, 0.5) is 0 Å². The van der Waals surface area contributed by atoms with Gasteiger partial charge in [0.1, 0.15) is 0 Å². The Bertz CT molecular complexity index is 567. The largest absolute Gasteiger partial charge is 0.310 e. The molecule has 120 valence electrons. The van der Waals surface area contributed by atoms with Gasteiger partial charge in [0.25, 0.3) is 0 Å². The minimum atomic E-state index is -3.47. The molecular weight excluding hydrogens is 284 g/mol. The number of hydrogen-bond acceptors (Lipinski definition) is 3. The van der Waals surface area contributed by atoms with Gasteiger partial charge < -0.3 is 5.32 Å². The van der Waals surface area contributed by atoms with E-state index in [0.29, 0.717) is 4.90 Å². The summed E-state index contributed by atoms with van der Waals surface area (Å²) in [6.07, 6.45) is 0.760. The number of nitrogens with zero attached hydrogens (tertiary/aromatic N) is 1. The van der Waals surface area contributed by atoms with Crippen LogP contribution in [0.15, 0.2) is 29.2 Å². The van der Waals surface area contributed by atoms with E-state index in [-0.39, 0.29) is 6.04 Å². The maximum Gasteiger partial charge on any atom is 0.243 e. The zero-order chi connectivity index (χ0) is 16.3.